The lowest BCUT2D eigenvalue weighted by atomic mass is 10.0. The van der Waals surface area contributed by atoms with Gasteiger partial charge in [0.15, 0.2) is 0 Å². The van der Waals surface area contributed by atoms with Crippen molar-refractivity contribution < 1.29 is 32.9 Å². The first kappa shape index (κ1) is 66.2. The molecule has 3 atom stereocenters. The van der Waals surface area contributed by atoms with Gasteiger partial charge in [-0.05, 0) is 19.3 Å². The second-order valence-electron chi connectivity index (χ2n) is 21.7. The van der Waals surface area contributed by atoms with Gasteiger partial charge in [0.1, 0.15) is 13.2 Å². The number of nitrogens with one attached hydrogen (secondary N) is 1. The molecule has 0 saturated heterocycles. The summed E-state index contributed by atoms with van der Waals surface area (Å²) in [6.07, 6.45) is 61.7. The number of aliphatic hydroxyl groups is 1. The molecule has 1 unspecified atom stereocenters. The van der Waals surface area contributed by atoms with E-state index < -0.39 is 20.0 Å². The van der Waals surface area contributed by atoms with E-state index in [4.69, 9.17) is 9.05 Å². The second kappa shape index (κ2) is 50.2. The highest BCUT2D eigenvalue weighted by atomic mass is 31.2. The molecule has 67 heavy (non-hydrogen) atoms. The Labute approximate surface area is 418 Å². The fraction of sp³-hybridized carbons (Fsp3) is 0.948. The van der Waals surface area contributed by atoms with Crippen molar-refractivity contribution in [1.29, 1.82) is 0 Å². The summed E-state index contributed by atoms with van der Waals surface area (Å²) >= 11 is 0. The van der Waals surface area contributed by atoms with Crippen molar-refractivity contribution >= 4 is 13.7 Å². The third-order valence-corrected chi connectivity index (χ3v) is 14.7. The van der Waals surface area contributed by atoms with Gasteiger partial charge < -0.3 is 28.8 Å². The third-order valence-electron chi connectivity index (χ3n) is 13.7. The maximum absolute atomic E-state index is 12.9. The van der Waals surface area contributed by atoms with Crippen LogP contribution in [0.2, 0.25) is 0 Å². The Morgan fingerprint density at radius 1 is 0.507 bits per heavy atom. The van der Waals surface area contributed by atoms with Gasteiger partial charge in [0.2, 0.25) is 5.91 Å². The topological polar surface area (TPSA) is 108 Å². The minimum atomic E-state index is -4.59. The van der Waals surface area contributed by atoms with E-state index >= 15 is 0 Å². The lowest BCUT2D eigenvalue weighted by Gasteiger charge is -2.29. The van der Waals surface area contributed by atoms with E-state index in [2.05, 4.69) is 19.2 Å². The molecule has 8 nitrogen and oxygen atoms in total. The fourth-order valence-electron chi connectivity index (χ4n) is 9.10. The Morgan fingerprint density at radius 2 is 0.806 bits per heavy atom. The number of carbonyl (C=O) groups is 1. The van der Waals surface area contributed by atoms with Gasteiger partial charge >= 0.3 is 0 Å². The van der Waals surface area contributed by atoms with Crippen molar-refractivity contribution in [3.8, 4) is 0 Å². The molecule has 0 fully saturated rings. The molecule has 1 amide bonds. The summed E-state index contributed by atoms with van der Waals surface area (Å²) < 4.78 is 23.3. The summed E-state index contributed by atoms with van der Waals surface area (Å²) in [5.74, 6) is -0.191. The summed E-state index contributed by atoms with van der Waals surface area (Å²) in [6, 6.07) is -0.881. The van der Waals surface area contributed by atoms with E-state index in [-0.39, 0.29) is 19.1 Å². The number of amides is 1. The molecule has 0 aromatic heterocycles. The van der Waals surface area contributed by atoms with Crippen molar-refractivity contribution in [2.75, 3.05) is 40.9 Å². The monoisotopic (exact) mass is 969 g/mol. The maximum atomic E-state index is 12.9. The number of carbonyl (C=O) groups excluding carboxylic acids is 1. The molecule has 0 saturated carbocycles. The van der Waals surface area contributed by atoms with E-state index in [0.29, 0.717) is 17.4 Å². The van der Waals surface area contributed by atoms with E-state index in [1.54, 1.807) is 6.08 Å². The summed E-state index contributed by atoms with van der Waals surface area (Å²) in [5.41, 5.74) is 0. The SMILES string of the molecule is CCCCCCCCCCCCC/C=C/[C@@H](O)[C@H](COP(=O)([O-])OCC[N+](C)(C)C)NC(=O)CCCCCCCCCCCCCCCCCCCCCCCCCCCCCCCCCC. The number of rotatable bonds is 55. The quantitative estimate of drug-likeness (QED) is 0.0272. The number of hydrogen-bond acceptors (Lipinski definition) is 6. The zero-order chi connectivity index (χ0) is 49.2. The minimum Gasteiger partial charge on any atom is -0.756 e. The smallest absolute Gasteiger partial charge is 0.268 e. The number of phosphoric ester groups is 1. The van der Waals surface area contributed by atoms with Crippen LogP contribution in [0.1, 0.15) is 303 Å². The highest BCUT2D eigenvalue weighted by Crippen LogP contribution is 2.38. The van der Waals surface area contributed by atoms with Crippen LogP contribution in [0.4, 0.5) is 0 Å². The average molecular weight is 970 g/mol. The Bertz CT molecular complexity index is 1100. The first-order valence-corrected chi connectivity index (χ1v) is 31.0. The predicted octanol–water partition coefficient (Wildman–Crippen LogP) is 17.2. The van der Waals surface area contributed by atoms with Crippen LogP contribution >= 0.6 is 7.82 Å². The van der Waals surface area contributed by atoms with Crippen molar-refractivity contribution in [2.24, 2.45) is 0 Å². The van der Waals surface area contributed by atoms with Crippen LogP contribution in [0.5, 0.6) is 0 Å². The van der Waals surface area contributed by atoms with E-state index in [0.717, 1.165) is 38.5 Å². The Hall–Kier alpha value is -0.760. The lowest BCUT2D eigenvalue weighted by molar-refractivity contribution is -0.870. The van der Waals surface area contributed by atoms with Crippen LogP contribution in [-0.4, -0.2) is 68.5 Å². The molecular formula is C58H117N2O6P. The molecule has 0 bridgehead atoms. The average Bonchev–Trinajstić information content (AvgIpc) is 3.29. The molecule has 9 heteroatoms. The standard InChI is InChI=1S/C58H117N2O6P/c1-6-8-10-12-14-16-18-20-21-22-23-24-25-26-27-28-29-30-31-32-33-34-35-36-37-38-40-42-44-46-48-50-52-58(62)59-56(55-66-67(63,64)65-54-53-60(3,4)5)57(61)51-49-47-45-43-41-39-19-17-15-13-11-9-7-2/h49,51,56-57,61H,6-48,50,52-55H2,1-5H3,(H-,59,62,63,64)/b51-49+/t56-,57+/m0/s1. The first-order chi connectivity index (χ1) is 32.5. The predicted molar refractivity (Wildman–Crippen MR) is 289 cm³/mol. The van der Waals surface area contributed by atoms with Crippen LogP contribution < -0.4 is 10.2 Å². The number of phosphoric acid groups is 1. The molecule has 0 aliphatic rings. The van der Waals surface area contributed by atoms with Gasteiger partial charge in [0.05, 0.1) is 39.9 Å². The molecule has 0 rings (SSSR count). The summed E-state index contributed by atoms with van der Waals surface area (Å²) in [7, 11) is 1.28. The highest BCUT2D eigenvalue weighted by molar-refractivity contribution is 7.45. The van der Waals surface area contributed by atoms with E-state index in [1.165, 1.54) is 244 Å². The molecule has 0 radical (unpaired) electrons. The van der Waals surface area contributed by atoms with Crippen molar-refractivity contribution in [1.82, 2.24) is 5.32 Å². The third kappa shape index (κ3) is 52.9. The molecule has 400 valence electrons. The number of allylic oxidation sites excluding steroid dienone is 1. The molecule has 0 heterocycles. The molecule has 0 aromatic rings. The van der Waals surface area contributed by atoms with Gasteiger partial charge in [-0.1, -0.05) is 289 Å². The number of likely N-dealkylation sites (N-methyl/N-ethyl adjacent to an activating group) is 1. The normalized spacial score (nSPS) is 14.0. The number of unbranched alkanes of at least 4 members (excludes halogenated alkanes) is 42. The zero-order valence-electron chi connectivity index (χ0n) is 45.6. The summed E-state index contributed by atoms with van der Waals surface area (Å²) in [5, 5.41) is 13.8. The zero-order valence-corrected chi connectivity index (χ0v) is 46.5. The number of aliphatic hydroxyl groups excluding tert-OH is 1. The van der Waals surface area contributed by atoms with Gasteiger partial charge in [-0.2, -0.15) is 0 Å². The minimum absolute atomic E-state index is 0.00241. The Kier molecular flexibility index (Phi) is 49.6. The number of hydrogen-bond donors (Lipinski definition) is 2. The number of quaternary nitrogens is 1. The molecule has 2 N–H and O–H groups in total. The molecule has 0 aromatic carbocycles. The van der Waals surface area contributed by atoms with E-state index in [1.807, 2.05) is 27.2 Å². The number of nitrogens with zero attached hydrogens (tertiary/aromatic N) is 1. The highest BCUT2D eigenvalue weighted by Gasteiger charge is 2.23. The molecule has 0 aliphatic heterocycles. The Morgan fingerprint density at radius 3 is 1.12 bits per heavy atom. The van der Waals surface area contributed by atoms with Gasteiger partial charge in [-0.25, -0.2) is 0 Å². The van der Waals surface area contributed by atoms with Crippen LogP contribution in [0, 0.1) is 0 Å². The van der Waals surface area contributed by atoms with Crippen molar-refractivity contribution in [2.45, 2.75) is 315 Å². The largest absolute Gasteiger partial charge is 0.756 e. The van der Waals surface area contributed by atoms with E-state index in [9.17, 15) is 19.4 Å². The maximum Gasteiger partial charge on any atom is 0.268 e. The lowest BCUT2D eigenvalue weighted by Crippen LogP contribution is -2.45. The van der Waals surface area contributed by atoms with Crippen LogP contribution in [0.15, 0.2) is 12.2 Å². The van der Waals surface area contributed by atoms with Gasteiger partial charge in [-0.15, -0.1) is 0 Å². The van der Waals surface area contributed by atoms with Crippen LogP contribution in [0.25, 0.3) is 0 Å². The molecule has 0 aliphatic carbocycles. The first-order valence-electron chi connectivity index (χ1n) is 29.6. The Balaban J connectivity index is 3.96. The molecular weight excluding hydrogens is 852 g/mol. The van der Waals surface area contributed by atoms with Crippen LogP contribution in [-0.2, 0) is 18.4 Å². The van der Waals surface area contributed by atoms with Gasteiger partial charge in [0.25, 0.3) is 7.82 Å². The van der Waals surface area contributed by atoms with Gasteiger partial charge in [-0.3, -0.25) is 9.36 Å². The fourth-order valence-corrected chi connectivity index (χ4v) is 9.82. The summed E-state index contributed by atoms with van der Waals surface area (Å²) in [4.78, 5) is 25.4. The van der Waals surface area contributed by atoms with Crippen molar-refractivity contribution in [3.63, 3.8) is 0 Å². The van der Waals surface area contributed by atoms with Crippen LogP contribution in [0.3, 0.4) is 0 Å². The van der Waals surface area contributed by atoms with Crippen molar-refractivity contribution in [3.05, 3.63) is 12.2 Å². The summed E-state index contributed by atoms with van der Waals surface area (Å²) in [6.45, 7) is 4.68. The second-order valence-corrected chi connectivity index (χ2v) is 23.1. The molecule has 0 spiro atoms. The van der Waals surface area contributed by atoms with Gasteiger partial charge in [0, 0.05) is 6.42 Å².